The fraction of sp³-hybridized carbons (Fsp3) is 0.650. The second kappa shape index (κ2) is 6.96. The molecular weight excluding hydrogens is 314 g/mol. The zero-order valence-corrected chi connectivity index (χ0v) is 14.9. The molecule has 1 aromatic carbocycles. The molecule has 4 rings (SSSR count). The first-order valence-electron chi connectivity index (χ1n) is 9.53. The molecule has 1 spiro atoms. The predicted molar refractivity (Wildman–Crippen MR) is 98.7 cm³/mol. The van der Waals surface area contributed by atoms with Crippen LogP contribution in [0.2, 0.25) is 0 Å². The zero-order valence-electron chi connectivity index (χ0n) is 14.9. The summed E-state index contributed by atoms with van der Waals surface area (Å²) in [7, 11) is 1.82. The van der Waals surface area contributed by atoms with E-state index in [-0.39, 0.29) is 12.5 Å². The summed E-state index contributed by atoms with van der Waals surface area (Å²) in [5.74, 6) is 1.54. The molecule has 2 aliphatic carbocycles. The van der Waals surface area contributed by atoms with Gasteiger partial charge in [-0.15, -0.1) is 0 Å². The zero-order chi connectivity index (χ0) is 17.3. The molecule has 1 saturated heterocycles. The summed E-state index contributed by atoms with van der Waals surface area (Å²) >= 11 is 0. The average Bonchev–Trinajstić information content (AvgIpc) is 3.02. The third-order valence-electron chi connectivity index (χ3n) is 6.56. The van der Waals surface area contributed by atoms with Crippen molar-refractivity contribution in [1.29, 1.82) is 0 Å². The second-order valence-corrected chi connectivity index (χ2v) is 7.70. The van der Waals surface area contributed by atoms with Crippen LogP contribution in [0.25, 0.3) is 0 Å². The number of hydrogen-bond donors (Lipinski definition) is 3. The third kappa shape index (κ3) is 2.83. The average molecular weight is 343 g/mol. The van der Waals surface area contributed by atoms with Gasteiger partial charge < -0.3 is 20.5 Å². The van der Waals surface area contributed by atoms with E-state index in [2.05, 4.69) is 27.8 Å². The summed E-state index contributed by atoms with van der Waals surface area (Å²) in [6, 6.07) is 10.6. The molecule has 0 bridgehead atoms. The van der Waals surface area contributed by atoms with Crippen molar-refractivity contribution in [1.82, 2.24) is 10.6 Å². The summed E-state index contributed by atoms with van der Waals surface area (Å²) in [4.78, 5) is 4.42. The van der Waals surface area contributed by atoms with Crippen LogP contribution in [0.3, 0.4) is 0 Å². The number of nitrogens with one attached hydrogen (secondary N) is 2. The molecule has 25 heavy (non-hydrogen) atoms. The number of fused-ring (bicyclic) bond motifs is 2. The molecule has 1 aromatic rings. The van der Waals surface area contributed by atoms with E-state index >= 15 is 0 Å². The van der Waals surface area contributed by atoms with Crippen molar-refractivity contribution in [2.45, 2.75) is 43.7 Å². The maximum absolute atomic E-state index is 9.74. The summed E-state index contributed by atoms with van der Waals surface area (Å²) in [5, 5.41) is 16.8. The van der Waals surface area contributed by atoms with Gasteiger partial charge in [-0.1, -0.05) is 36.8 Å². The van der Waals surface area contributed by atoms with Crippen molar-refractivity contribution >= 4 is 5.96 Å². The van der Waals surface area contributed by atoms with E-state index in [1.54, 1.807) is 0 Å². The molecular formula is C20H29N3O2. The minimum atomic E-state index is 0.0707. The number of benzene rings is 1. The minimum Gasteiger partial charge on any atom is -0.396 e. The molecule has 5 heteroatoms. The first kappa shape index (κ1) is 16.9. The molecule has 4 atom stereocenters. The minimum absolute atomic E-state index is 0.0707. The molecule has 3 aliphatic rings. The maximum atomic E-state index is 9.74. The van der Waals surface area contributed by atoms with Gasteiger partial charge in [-0.2, -0.15) is 0 Å². The Morgan fingerprint density at radius 1 is 1.36 bits per heavy atom. The molecule has 3 N–H and O–H groups in total. The molecule has 4 unspecified atom stereocenters. The number of hydrogen-bond acceptors (Lipinski definition) is 3. The van der Waals surface area contributed by atoms with Crippen molar-refractivity contribution in [2.24, 2.45) is 16.3 Å². The summed E-state index contributed by atoms with van der Waals surface area (Å²) in [6.07, 6.45) is 5.48. The maximum Gasteiger partial charge on any atom is 0.191 e. The van der Waals surface area contributed by atoms with Crippen molar-refractivity contribution < 1.29 is 9.84 Å². The SMILES string of the molecule is CN=C(NCC(CO)c1ccccc1)NC1C2CCOC2C12CCC2. The Hall–Kier alpha value is -1.59. The van der Waals surface area contributed by atoms with E-state index in [4.69, 9.17) is 4.74 Å². The molecule has 0 amide bonds. The molecule has 2 saturated carbocycles. The Bertz CT molecular complexity index is 615. The predicted octanol–water partition coefficient (Wildman–Crippen LogP) is 1.89. The summed E-state index contributed by atoms with van der Waals surface area (Å²) in [5.41, 5.74) is 1.49. The Balaban J connectivity index is 1.37. The highest BCUT2D eigenvalue weighted by Gasteiger charge is 2.66. The van der Waals surface area contributed by atoms with Crippen molar-refractivity contribution in [3.05, 3.63) is 35.9 Å². The smallest absolute Gasteiger partial charge is 0.191 e. The highest BCUT2D eigenvalue weighted by Crippen LogP contribution is 2.62. The Kier molecular flexibility index (Phi) is 4.69. The second-order valence-electron chi connectivity index (χ2n) is 7.70. The Labute approximate surface area is 149 Å². The number of rotatable bonds is 5. The summed E-state index contributed by atoms with van der Waals surface area (Å²) in [6.45, 7) is 1.70. The van der Waals surface area contributed by atoms with Crippen molar-refractivity contribution in [2.75, 3.05) is 26.8 Å². The number of aliphatic imine (C=N–C) groups is 1. The van der Waals surface area contributed by atoms with Crippen molar-refractivity contribution in [3.8, 4) is 0 Å². The lowest BCUT2D eigenvalue weighted by molar-refractivity contribution is -0.171. The highest BCUT2D eigenvalue weighted by molar-refractivity contribution is 5.80. The summed E-state index contributed by atoms with van der Waals surface area (Å²) < 4.78 is 6.00. The van der Waals surface area contributed by atoms with Gasteiger partial charge >= 0.3 is 0 Å². The van der Waals surface area contributed by atoms with E-state index in [0.29, 0.717) is 30.0 Å². The molecule has 1 heterocycles. The van der Waals surface area contributed by atoms with Gasteiger partial charge in [-0.25, -0.2) is 0 Å². The number of aliphatic hydroxyl groups is 1. The lowest BCUT2D eigenvalue weighted by Crippen LogP contribution is -2.72. The van der Waals surface area contributed by atoms with Crippen molar-refractivity contribution in [3.63, 3.8) is 0 Å². The Morgan fingerprint density at radius 2 is 2.16 bits per heavy atom. The van der Waals surface area contributed by atoms with Gasteiger partial charge in [0.2, 0.25) is 0 Å². The van der Waals surface area contributed by atoms with Gasteiger partial charge in [0.25, 0.3) is 0 Å². The van der Waals surface area contributed by atoms with Gasteiger partial charge in [0.1, 0.15) is 0 Å². The largest absolute Gasteiger partial charge is 0.396 e. The fourth-order valence-electron chi connectivity index (χ4n) is 5.03. The van der Waals surface area contributed by atoms with Gasteiger partial charge in [0, 0.05) is 43.5 Å². The van der Waals surface area contributed by atoms with Crippen LogP contribution in [0.5, 0.6) is 0 Å². The van der Waals surface area contributed by atoms with E-state index < -0.39 is 0 Å². The van der Waals surface area contributed by atoms with E-state index in [0.717, 1.165) is 24.6 Å². The molecule has 1 aliphatic heterocycles. The first-order chi connectivity index (χ1) is 12.3. The van der Waals surface area contributed by atoms with E-state index in [9.17, 15) is 5.11 Å². The van der Waals surface area contributed by atoms with Gasteiger partial charge in [0.15, 0.2) is 5.96 Å². The standard InChI is InChI=1S/C20H29N3O2/c1-21-19(22-12-15(13-24)14-6-3-2-4-7-14)23-17-16-8-11-25-18(16)20(17)9-5-10-20/h2-4,6-7,15-18,24H,5,8-13H2,1H3,(H2,21,22,23). The number of ether oxygens (including phenoxy) is 1. The Morgan fingerprint density at radius 3 is 2.80 bits per heavy atom. The quantitative estimate of drug-likeness (QED) is 0.564. The molecule has 3 fully saturated rings. The van der Waals surface area contributed by atoms with Crippen LogP contribution in [0, 0.1) is 11.3 Å². The molecule has 5 nitrogen and oxygen atoms in total. The molecule has 136 valence electrons. The van der Waals surface area contributed by atoms with Crippen LogP contribution in [0.4, 0.5) is 0 Å². The molecule has 0 radical (unpaired) electrons. The highest BCUT2D eigenvalue weighted by atomic mass is 16.5. The topological polar surface area (TPSA) is 65.9 Å². The van der Waals surface area contributed by atoms with Crippen LogP contribution in [0.1, 0.15) is 37.2 Å². The number of nitrogens with zero attached hydrogens (tertiary/aromatic N) is 1. The lowest BCUT2D eigenvalue weighted by atomic mass is 9.46. The van der Waals surface area contributed by atoms with Crippen LogP contribution < -0.4 is 10.6 Å². The number of guanidine groups is 1. The first-order valence-corrected chi connectivity index (χ1v) is 9.53. The van der Waals surface area contributed by atoms with Crippen LogP contribution in [0.15, 0.2) is 35.3 Å². The van der Waals surface area contributed by atoms with E-state index in [1.165, 1.54) is 19.3 Å². The van der Waals surface area contributed by atoms with Crippen LogP contribution in [-0.2, 0) is 4.74 Å². The fourth-order valence-corrected chi connectivity index (χ4v) is 5.03. The van der Waals surface area contributed by atoms with Crippen LogP contribution in [-0.4, -0.2) is 50.0 Å². The molecule has 0 aromatic heterocycles. The van der Waals surface area contributed by atoms with Crippen LogP contribution >= 0.6 is 0 Å². The third-order valence-corrected chi connectivity index (χ3v) is 6.56. The monoisotopic (exact) mass is 343 g/mol. The van der Waals surface area contributed by atoms with E-state index in [1.807, 2.05) is 25.2 Å². The normalized spacial score (nSPS) is 31.0. The van der Waals surface area contributed by atoms with Gasteiger partial charge in [0.05, 0.1) is 12.7 Å². The lowest BCUT2D eigenvalue weighted by Gasteiger charge is -2.63. The van der Waals surface area contributed by atoms with Gasteiger partial charge in [-0.05, 0) is 24.8 Å². The number of aliphatic hydroxyl groups excluding tert-OH is 1. The van der Waals surface area contributed by atoms with Gasteiger partial charge in [-0.3, -0.25) is 4.99 Å².